The molecule has 19 heavy (non-hydrogen) atoms. The van der Waals surface area contributed by atoms with E-state index < -0.39 is 0 Å². The van der Waals surface area contributed by atoms with Gasteiger partial charge in [-0.15, -0.1) is 0 Å². The highest BCUT2D eigenvalue weighted by atomic mass is 32.1. The zero-order chi connectivity index (χ0) is 13.7. The largest absolute Gasteiger partial charge is 0.293 e. The average Bonchev–Trinajstić information content (AvgIpc) is 2.39. The standard InChI is InChI=1S/C13H12N4OS/c1-10(7-11-5-3-2-4-6-11)8-15-17-12(18)9-14-16-13(17)19/h2-9H,1H3,(H,16,19)/b10-7+,15-8?. The van der Waals surface area contributed by atoms with Gasteiger partial charge in [-0.25, -0.2) is 0 Å². The van der Waals surface area contributed by atoms with Gasteiger partial charge in [0, 0.05) is 0 Å². The quantitative estimate of drug-likeness (QED) is 0.688. The summed E-state index contributed by atoms with van der Waals surface area (Å²) >= 11 is 4.93. The van der Waals surface area contributed by atoms with Crippen LogP contribution in [0.4, 0.5) is 0 Å². The molecule has 0 spiro atoms. The van der Waals surface area contributed by atoms with Gasteiger partial charge in [0.1, 0.15) is 6.20 Å². The summed E-state index contributed by atoms with van der Waals surface area (Å²) in [5, 5.41) is 10.1. The van der Waals surface area contributed by atoms with E-state index in [0.717, 1.165) is 22.0 Å². The fourth-order valence-corrected chi connectivity index (χ4v) is 1.64. The zero-order valence-corrected chi connectivity index (χ0v) is 11.1. The first-order valence-corrected chi connectivity index (χ1v) is 6.02. The maximum absolute atomic E-state index is 11.5. The summed E-state index contributed by atoms with van der Waals surface area (Å²) in [6.07, 6.45) is 4.67. The van der Waals surface area contributed by atoms with E-state index in [1.807, 2.05) is 43.3 Å². The lowest BCUT2D eigenvalue weighted by atomic mass is 10.1. The Morgan fingerprint density at radius 3 is 2.84 bits per heavy atom. The van der Waals surface area contributed by atoms with Crippen LogP contribution in [0.15, 0.2) is 52.0 Å². The summed E-state index contributed by atoms with van der Waals surface area (Å²) < 4.78 is 1.25. The second kappa shape index (κ2) is 6.01. The van der Waals surface area contributed by atoms with E-state index in [1.165, 1.54) is 0 Å². The highest BCUT2D eigenvalue weighted by Crippen LogP contribution is 2.04. The Hall–Kier alpha value is -2.34. The molecule has 0 bridgehead atoms. The van der Waals surface area contributed by atoms with Gasteiger partial charge < -0.3 is 0 Å². The number of rotatable bonds is 3. The number of hydrogen-bond donors (Lipinski definition) is 1. The maximum atomic E-state index is 11.5. The number of nitrogens with one attached hydrogen (secondary N) is 1. The Labute approximate surface area is 114 Å². The highest BCUT2D eigenvalue weighted by Gasteiger charge is 1.94. The molecule has 2 rings (SSSR count). The summed E-state index contributed by atoms with van der Waals surface area (Å²) in [4.78, 5) is 11.5. The Kier molecular flexibility index (Phi) is 4.15. The van der Waals surface area contributed by atoms with Crippen LogP contribution in [0.2, 0.25) is 0 Å². The van der Waals surface area contributed by atoms with Crippen LogP contribution in [-0.2, 0) is 0 Å². The fraction of sp³-hybridized carbons (Fsp3) is 0.0769. The minimum Gasteiger partial charge on any atom is -0.265 e. The first-order chi connectivity index (χ1) is 9.16. The third kappa shape index (κ3) is 3.56. The van der Waals surface area contributed by atoms with E-state index >= 15 is 0 Å². The van der Waals surface area contributed by atoms with Crippen molar-refractivity contribution in [1.29, 1.82) is 0 Å². The zero-order valence-electron chi connectivity index (χ0n) is 10.3. The van der Waals surface area contributed by atoms with Crippen molar-refractivity contribution in [1.82, 2.24) is 14.9 Å². The Balaban J connectivity index is 2.26. The Morgan fingerprint density at radius 1 is 1.42 bits per heavy atom. The van der Waals surface area contributed by atoms with Gasteiger partial charge >= 0.3 is 0 Å². The number of aromatic amines is 1. The van der Waals surface area contributed by atoms with E-state index in [1.54, 1.807) is 6.21 Å². The minimum absolute atomic E-state index is 0.163. The van der Waals surface area contributed by atoms with E-state index in [4.69, 9.17) is 12.2 Å². The molecule has 0 unspecified atom stereocenters. The van der Waals surface area contributed by atoms with Crippen molar-refractivity contribution in [3.8, 4) is 0 Å². The molecule has 1 aromatic heterocycles. The van der Waals surface area contributed by atoms with Crippen molar-refractivity contribution >= 4 is 24.5 Å². The molecule has 96 valence electrons. The van der Waals surface area contributed by atoms with Gasteiger partial charge in [-0.2, -0.15) is 14.9 Å². The second-order valence-electron chi connectivity index (χ2n) is 3.87. The van der Waals surface area contributed by atoms with Crippen LogP contribution in [0.5, 0.6) is 0 Å². The first kappa shape index (κ1) is 13.1. The third-order valence-corrected chi connectivity index (χ3v) is 2.57. The monoisotopic (exact) mass is 272 g/mol. The molecule has 0 saturated carbocycles. The van der Waals surface area contributed by atoms with Crippen LogP contribution in [-0.4, -0.2) is 21.1 Å². The number of hydrogen-bond acceptors (Lipinski definition) is 4. The molecule has 1 N–H and O–H groups in total. The smallest absolute Gasteiger partial charge is 0.265 e. The number of nitrogens with zero attached hydrogens (tertiary/aromatic N) is 3. The third-order valence-electron chi connectivity index (χ3n) is 2.31. The molecule has 1 heterocycles. The van der Waals surface area contributed by atoms with Crippen LogP contribution >= 0.6 is 12.2 Å². The molecule has 0 radical (unpaired) electrons. The summed E-state index contributed by atoms with van der Waals surface area (Å²) in [5.41, 5.74) is 1.61. The van der Waals surface area contributed by atoms with E-state index in [2.05, 4.69) is 15.3 Å². The van der Waals surface area contributed by atoms with Crippen LogP contribution < -0.4 is 5.56 Å². The molecule has 2 aromatic rings. The summed E-state index contributed by atoms with van der Waals surface area (Å²) in [5.74, 6) is 0. The lowest BCUT2D eigenvalue weighted by Gasteiger charge is -1.97. The molecule has 6 heteroatoms. The maximum Gasteiger partial charge on any atom is 0.293 e. The van der Waals surface area contributed by atoms with E-state index in [9.17, 15) is 4.79 Å². The van der Waals surface area contributed by atoms with Crippen LogP contribution in [0.3, 0.4) is 0 Å². The number of H-pyrrole nitrogens is 1. The number of benzene rings is 1. The molecule has 0 aliphatic rings. The van der Waals surface area contributed by atoms with Crippen molar-refractivity contribution in [3.05, 3.63) is 62.8 Å². The van der Waals surface area contributed by atoms with Crippen LogP contribution in [0.1, 0.15) is 12.5 Å². The normalized spacial score (nSPS) is 11.9. The molecule has 0 atom stereocenters. The van der Waals surface area contributed by atoms with Crippen molar-refractivity contribution in [2.45, 2.75) is 6.92 Å². The van der Waals surface area contributed by atoms with E-state index in [-0.39, 0.29) is 10.3 Å². The summed E-state index contributed by atoms with van der Waals surface area (Å²) in [7, 11) is 0. The van der Waals surface area contributed by atoms with Crippen molar-refractivity contribution < 1.29 is 0 Å². The number of aromatic nitrogens is 3. The van der Waals surface area contributed by atoms with Gasteiger partial charge in [0.25, 0.3) is 5.56 Å². The Morgan fingerprint density at radius 2 is 2.16 bits per heavy atom. The van der Waals surface area contributed by atoms with Crippen molar-refractivity contribution in [2.75, 3.05) is 0 Å². The topological polar surface area (TPSA) is 63.0 Å². The van der Waals surface area contributed by atoms with Crippen molar-refractivity contribution in [2.24, 2.45) is 5.10 Å². The number of allylic oxidation sites excluding steroid dienone is 1. The van der Waals surface area contributed by atoms with Gasteiger partial charge in [-0.05, 0) is 30.3 Å². The fourth-order valence-electron chi connectivity index (χ4n) is 1.45. The lowest BCUT2D eigenvalue weighted by Crippen LogP contribution is -2.18. The molecular weight excluding hydrogens is 260 g/mol. The molecule has 1 aromatic carbocycles. The SMILES string of the molecule is C/C(C=Nn1c(=O)cn[nH]c1=S)=C\c1ccccc1. The molecular formula is C13H12N4OS. The summed E-state index contributed by atoms with van der Waals surface area (Å²) in [6.45, 7) is 1.90. The van der Waals surface area contributed by atoms with Crippen LogP contribution in [0.25, 0.3) is 6.08 Å². The Bertz CT molecular complexity index is 700. The summed E-state index contributed by atoms with van der Waals surface area (Å²) in [6, 6.07) is 9.85. The highest BCUT2D eigenvalue weighted by molar-refractivity contribution is 7.71. The molecule has 0 aliphatic heterocycles. The molecule has 0 amide bonds. The molecule has 5 nitrogen and oxygen atoms in total. The first-order valence-electron chi connectivity index (χ1n) is 5.61. The average molecular weight is 272 g/mol. The van der Waals surface area contributed by atoms with Gasteiger partial charge in [0.05, 0.1) is 6.21 Å². The molecule has 0 aliphatic carbocycles. The van der Waals surface area contributed by atoms with Crippen molar-refractivity contribution in [3.63, 3.8) is 0 Å². The van der Waals surface area contributed by atoms with Gasteiger partial charge in [0.2, 0.25) is 4.77 Å². The predicted octanol–water partition coefficient (Wildman–Crippen LogP) is 2.24. The minimum atomic E-state index is -0.368. The van der Waals surface area contributed by atoms with Crippen LogP contribution in [0, 0.1) is 4.77 Å². The predicted molar refractivity (Wildman–Crippen MR) is 77.7 cm³/mol. The molecule has 0 saturated heterocycles. The second-order valence-corrected chi connectivity index (χ2v) is 4.26. The van der Waals surface area contributed by atoms with Gasteiger partial charge in [-0.1, -0.05) is 36.4 Å². The lowest BCUT2D eigenvalue weighted by molar-refractivity contribution is 0.738. The molecule has 0 fully saturated rings. The van der Waals surface area contributed by atoms with E-state index in [0.29, 0.717) is 0 Å². The van der Waals surface area contributed by atoms with Gasteiger partial charge in [0.15, 0.2) is 0 Å². The van der Waals surface area contributed by atoms with Gasteiger partial charge in [-0.3, -0.25) is 9.89 Å².